The summed E-state index contributed by atoms with van der Waals surface area (Å²) in [5.74, 6) is 0. The Kier molecular flexibility index (Phi) is 7.07. The van der Waals surface area contributed by atoms with Crippen LogP contribution in [0.15, 0.2) is 24.3 Å². The molecular formula is C19H32N2O2. The van der Waals surface area contributed by atoms with Gasteiger partial charge in [-0.25, -0.2) is 4.79 Å². The van der Waals surface area contributed by atoms with Crippen LogP contribution in [0.1, 0.15) is 58.6 Å². The lowest BCUT2D eigenvalue weighted by atomic mass is 9.92. The summed E-state index contributed by atoms with van der Waals surface area (Å²) in [6.07, 6.45) is 1.35. The molecule has 23 heavy (non-hydrogen) atoms. The average molecular weight is 320 g/mol. The maximum Gasteiger partial charge on any atom is 0.408 e. The summed E-state index contributed by atoms with van der Waals surface area (Å²) < 4.78 is 5.40. The van der Waals surface area contributed by atoms with Crippen LogP contribution in [0.25, 0.3) is 0 Å². The fourth-order valence-electron chi connectivity index (χ4n) is 2.51. The van der Waals surface area contributed by atoms with Gasteiger partial charge in [0.2, 0.25) is 0 Å². The van der Waals surface area contributed by atoms with Crippen LogP contribution in [0, 0.1) is 6.92 Å². The first-order valence-electron chi connectivity index (χ1n) is 8.47. The molecule has 1 aromatic carbocycles. The molecule has 0 aromatic heterocycles. The molecule has 0 aliphatic carbocycles. The lowest BCUT2D eigenvalue weighted by molar-refractivity contribution is 0.0446. The highest BCUT2D eigenvalue weighted by Crippen LogP contribution is 2.16. The van der Waals surface area contributed by atoms with Crippen LogP contribution >= 0.6 is 0 Å². The first kappa shape index (κ1) is 19.5. The molecule has 1 aromatic rings. The number of alkyl carbamates (subject to hydrolysis) is 1. The van der Waals surface area contributed by atoms with E-state index in [1.807, 2.05) is 20.8 Å². The Labute approximate surface area is 141 Å². The fraction of sp³-hybridized carbons (Fsp3) is 0.632. The Morgan fingerprint density at radius 2 is 1.83 bits per heavy atom. The molecule has 0 aliphatic heterocycles. The number of carbonyl (C=O) groups is 1. The molecule has 0 fully saturated rings. The van der Waals surface area contributed by atoms with E-state index in [0.717, 1.165) is 19.4 Å². The van der Waals surface area contributed by atoms with Gasteiger partial charge in [0.05, 0.1) is 5.54 Å². The van der Waals surface area contributed by atoms with Crippen molar-refractivity contribution in [2.75, 3.05) is 6.54 Å². The minimum absolute atomic E-state index is 0.286. The van der Waals surface area contributed by atoms with Crippen molar-refractivity contribution >= 4 is 6.09 Å². The molecule has 0 bridgehead atoms. The Bertz CT molecular complexity index is 502. The number of nitrogens with one attached hydrogen (secondary N) is 2. The Morgan fingerprint density at radius 3 is 2.35 bits per heavy atom. The zero-order valence-electron chi connectivity index (χ0n) is 15.5. The van der Waals surface area contributed by atoms with E-state index >= 15 is 0 Å². The number of rotatable bonds is 7. The molecule has 1 rings (SSSR count). The number of hydrogen-bond donors (Lipinski definition) is 2. The molecule has 0 atom stereocenters. The summed E-state index contributed by atoms with van der Waals surface area (Å²) in [5.41, 5.74) is 1.75. The van der Waals surface area contributed by atoms with Gasteiger partial charge in [0.25, 0.3) is 0 Å². The van der Waals surface area contributed by atoms with Crippen LogP contribution in [0.2, 0.25) is 0 Å². The van der Waals surface area contributed by atoms with Gasteiger partial charge in [-0.15, -0.1) is 0 Å². The van der Waals surface area contributed by atoms with Crippen molar-refractivity contribution in [3.63, 3.8) is 0 Å². The first-order valence-corrected chi connectivity index (χ1v) is 8.47. The van der Waals surface area contributed by atoms with Gasteiger partial charge in [-0.2, -0.15) is 0 Å². The van der Waals surface area contributed by atoms with Gasteiger partial charge in [0, 0.05) is 13.1 Å². The van der Waals surface area contributed by atoms with E-state index in [4.69, 9.17) is 4.74 Å². The highest BCUT2D eigenvalue weighted by Gasteiger charge is 2.30. The number of hydrogen-bond acceptors (Lipinski definition) is 3. The van der Waals surface area contributed by atoms with Crippen LogP contribution in [-0.4, -0.2) is 23.8 Å². The topological polar surface area (TPSA) is 50.4 Å². The lowest BCUT2D eigenvalue weighted by Gasteiger charge is -2.34. The molecule has 0 radical (unpaired) electrons. The van der Waals surface area contributed by atoms with Crippen molar-refractivity contribution in [3.8, 4) is 0 Å². The molecular weight excluding hydrogens is 288 g/mol. The molecule has 0 saturated heterocycles. The smallest absolute Gasteiger partial charge is 0.408 e. The highest BCUT2D eigenvalue weighted by molar-refractivity contribution is 5.68. The molecule has 130 valence electrons. The van der Waals surface area contributed by atoms with Crippen molar-refractivity contribution < 1.29 is 9.53 Å². The highest BCUT2D eigenvalue weighted by atomic mass is 16.6. The average Bonchev–Trinajstić information content (AvgIpc) is 2.44. The van der Waals surface area contributed by atoms with Gasteiger partial charge in [-0.05, 0) is 46.1 Å². The summed E-state index contributed by atoms with van der Waals surface area (Å²) in [6.45, 7) is 13.4. The van der Waals surface area contributed by atoms with Crippen LogP contribution in [-0.2, 0) is 11.3 Å². The van der Waals surface area contributed by atoms with Gasteiger partial charge in [0.15, 0.2) is 0 Å². The Balaban J connectivity index is 2.60. The van der Waals surface area contributed by atoms with Crippen molar-refractivity contribution in [2.24, 2.45) is 0 Å². The zero-order valence-corrected chi connectivity index (χ0v) is 15.5. The van der Waals surface area contributed by atoms with Gasteiger partial charge >= 0.3 is 6.09 Å². The minimum Gasteiger partial charge on any atom is -0.444 e. The molecule has 1 amide bonds. The van der Waals surface area contributed by atoms with E-state index in [-0.39, 0.29) is 11.6 Å². The normalized spacial score (nSPS) is 12.1. The molecule has 0 heterocycles. The fourth-order valence-corrected chi connectivity index (χ4v) is 2.51. The van der Waals surface area contributed by atoms with Crippen molar-refractivity contribution in [1.82, 2.24) is 10.6 Å². The SMILES string of the molecule is CCC(CC)(CNCc1cccc(C)c1)NC(=O)OC(C)(C)C. The summed E-state index contributed by atoms with van der Waals surface area (Å²) >= 11 is 0. The minimum atomic E-state index is -0.480. The molecule has 2 N–H and O–H groups in total. The lowest BCUT2D eigenvalue weighted by Crippen LogP contribution is -2.55. The molecule has 0 aliphatic rings. The second-order valence-electron chi connectivity index (χ2n) is 7.21. The van der Waals surface area contributed by atoms with Crippen LogP contribution in [0.5, 0.6) is 0 Å². The summed E-state index contributed by atoms with van der Waals surface area (Å²) in [5, 5.41) is 6.53. The Morgan fingerprint density at radius 1 is 1.17 bits per heavy atom. The zero-order chi connectivity index (χ0) is 17.5. The molecule has 0 saturated carbocycles. The van der Waals surface area contributed by atoms with Gasteiger partial charge in [-0.3, -0.25) is 0 Å². The predicted molar refractivity (Wildman–Crippen MR) is 95.6 cm³/mol. The van der Waals surface area contributed by atoms with E-state index in [9.17, 15) is 4.79 Å². The maximum absolute atomic E-state index is 12.1. The first-order chi connectivity index (χ1) is 10.7. The number of amides is 1. The molecule has 0 unspecified atom stereocenters. The van der Waals surface area contributed by atoms with Gasteiger partial charge in [0.1, 0.15) is 5.60 Å². The van der Waals surface area contributed by atoms with Crippen LogP contribution < -0.4 is 10.6 Å². The van der Waals surface area contributed by atoms with Crippen molar-refractivity contribution in [3.05, 3.63) is 35.4 Å². The third-order valence-electron chi connectivity index (χ3n) is 3.99. The van der Waals surface area contributed by atoms with E-state index in [0.29, 0.717) is 6.54 Å². The third kappa shape index (κ3) is 7.04. The van der Waals surface area contributed by atoms with Crippen molar-refractivity contribution in [2.45, 2.75) is 72.1 Å². The number of benzene rings is 1. The molecule has 0 spiro atoms. The summed E-state index contributed by atoms with van der Waals surface area (Å²) in [4.78, 5) is 12.1. The van der Waals surface area contributed by atoms with Crippen molar-refractivity contribution in [1.29, 1.82) is 0 Å². The number of aryl methyl sites for hydroxylation is 1. The predicted octanol–water partition coefficient (Wildman–Crippen LogP) is 4.17. The Hall–Kier alpha value is -1.55. The van der Waals surface area contributed by atoms with E-state index in [1.165, 1.54) is 11.1 Å². The summed E-state index contributed by atoms with van der Waals surface area (Å²) in [6, 6.07) is 8.45. The van der Waals surface area contributed by atoms with Gasteiger partial charge in [-0.1, -0.05) is 43.7 Å². The largest absolute Gasteiger partial charge is 0.444 e. The van der Waals surface area contributed by atoms with Gasteiger partial charge < -0.3 is 15.4 Å². The van der Waals surface area contributed by atoms with E-state index < -0.39 is 5.60 Å². The molecule has 4 heteroatoms. The van der Waals surface area contributed by atoms with Crippen LogP contribution in [0.3, 0.4) is 0 Å². The second kappa shape index (κ2) is 8.34. The van der Waals surface area contributed by atoms with Crippen LogP contribution in [0.4, 0.5) is 4.79 Å². The van der Waals surface area contributed by atoms with E-state index in [2.05, 4.69) is 55.7 Å². The number of ether oxygens (including phenoxy) is 1. The summed E-state index contributed by atoms with van der Waals surface area (Å²) in [7, 11) is 0. The third-order valence-corrected chi connectivity index (χ3v) is 3.99. The second-order valence-corrected chi connectivity index (χ2v) is 7.21. The van der Waals surface area contributed by atoms with E-state index in [1.54, 1.807) is 0 Å². The number of carbonyl (C=O) groups excluding carboxylic acids is 1. The quantitative estimate of drug-likeness (QED) is 0.793. The standard InChI is InChI=1S/C19H32N2O2/c1-7-19(8-2,21-17(22)23-18(4,5)6)14-20-13-16-11-9-10-15(3)12-16/h9-12,20H,7-8,13-14H2,1-6H3,(H,21,22). The maximum atomic E-state index is 12.1. The molecule has 4 nitrogen and oxygen atoms in total. The monoisotopic (exact) mass is 320 g/mol.